The fraction of sp³-hybridized carbons (Fsp3) is 0.588. The Kier molecular flexibility index (Phi) is 8.01. The van der Waals surface area contributed by atoms with Crippen molar-refractivity contribution < 1.29 is 9.53 Å². The van der Waals surface area contributed by atoms with Gasteiger partial charge in [-0.05, 0) is 31.2 Å². The number of ether oxygens (including phenoxy) is 1. The molecule has 2 atom stereocenters. The molecular weight excluding hydrogens is 264 g/mol. The average Bonchev–Trinajstić information content (AvgIpc) is 2.47. The van der Waals surface area contributed by atoms with Crippen LogP contribution in [-0.4, -0.2) is 31.2 Å². The molecule has 1 unspecified atom stereocenters. The van der Waals surface area contributed by atoms with Crippen LogP contribution in [0.25, 0.3) is 0 Å². The Hall–Kier alpha value is -1.39. The summed E-state index contributed by atoms with van der Waals surface area (Å²) in [6.07, 6.45) is 1.56. The van der Waals surface area contributed by atoms with Crippen molar-refractivity contribution in [1.29, 1.82) is 0 Å². The van der Waals surface area contributed by atoms with E-state index in [0.717, 1.165) is 12.0 Å². The summed E-state index contributed by atoms with van der Waals surface area (Å²) in [7, 11) is 0. The molecule has 0 heterocycles. The average molecular weight is 292 g/mol. The summed E-state index contributed by atoms with van der Waals surface area (Å²) in [6, 6.07) is 9.32. The van der Waals surface area contributed by atoms with Crippen LogP contribution >= 0.6 is 0 Å². The van der Waals surface area contributed by atoms with E-state index < -0.39 is 6.04 Å². The van der Waals surface area contributed by atoms with E-state index in [0.29, 0.717) is 25.5 Å². The molecule has 0 aliphatic carbocycles. The maximum atomic E-state index is 12.0. The highest BCUT2D eigenvalue weighted by Gasteiger charge is 2.16. The van der Waals surface area contributed by atoms with E-state index >= 15 is 0 Å². The number of carbonyl (C=O) groups is 1. The van der Waals surface area contributed by atoms with E-state index in [9.17, 15) is 4.79 Å². The van der Waals surface area contributed by atoms with Crippen molar-refractivity contribution >= 4 is 5.91 Å². The minimum atomic E-state index is -0.503. The van der Waals surface area contributed by atoms with Crippen molar-refractivity contribution in [3.8, 4) is 0 Å². The van der Waals surface area contributed by atoms with Crippen LogP contribution in [0, 0.1) is 5.92 Å². The van der Waals surface area contributed by atoms with Crippen LogP contribution in [0.1, 0.15) is 32.8 Å². The zero-order chi connectivity index (χ0) is 15.7. The molecule has 0 aliphatic rings. The summed E-state index contributed by atoms with van der Waals surface area (Å²) in [5.74, 6) is 0.345. The van der Waals surface area contributed by atoms with Crippen LogP contribution in [0.4, 0.5) is 0 Å². The first-order valence-corrected chi connectivity index (χ1v) is 7.73. The molecule has 21 heavy (non-hydrogen) atoms. The summed E-state index contributed by atoms with van der Waals surface area (Å²) >= 11 is 0. The van der Waals surface area contributed by atoms with Crippen LogP contribution in [0.3, 0.4) is 0 Å². The number of carbonyl (C=O) groups excluding carboxylic acids is 1. The molecule has 3 N–H and O–H groups in total. The molecule has 0 aromatic heterocycles. The van der Waals surface area contributed by atoms with Crippen LogP contribution < -0.4 is 11.1 Å². The van der Waals surface area contributed by atoms with Crippen molar-refractivity contribution in [1.82, 2.24) is 5.32 Å². The molecule has 0 aliphatic heterocycles. The fourth-order valence-corrected chi connectivity index (χ4v) is 2.25. The van der Waals surface area contributed by atoms with E-state index in [2.05, 4.69) is 19.2 Å². The predicted molar refractivity (Wildman–Crippen MR) is 86.0 cm³/mol. The predicted octanol–water partition coefficient (Wildman–Crippen LogP) is 2.12. The van der Waals surface area contributed by atoms with Gasteiger partial charge in [0.15, 0.2) is 0 Å². The number of nitrogens with two attached hydrogens (primary N) is 1. The smallest absolute Gasteiger partial charge is 0.237 e. The first kappa shape index (κ1) is 17.7. The molecule has 0 fully saturated rings. The van der Waals surface area contributed by atoms with Crippen molar-refractivity contribution in [2.24, 2.45) is 11.7 Å². The molecule has 0 radical (unpaired) electrons. The second-order valence-corrected chi connectivity index (χ2v) is 5.61. The Morgan fingerprint density at radius 1 is 1.29 bits per heavy atom. The van der Waals surface area contributed by atoms with Gasteiger partial charge >= 0.3 is 0 Å². The van der Waals surface area contributed by atoms with Gasteiger partial charge < -0.3 is 15.8 Å². The Bertz CT molecular complexity index is 407. The van der Waals surface area contributed by atoms with E-state index in [-0.39, 0.29) is 12.0 Å². The van der Waals surface area contributed by atoms with Crippen LogP contribution in [-0.2, 0) is 16.0 Å². The molecule has 0 spiro atoms. The SMILES string of the molecule is CCOC(CCNC(=O)[C@@H](N)Cc1ccccc1)C(C)C. The third-order valence-electron chi connectivity index (χ3n) is 3.49. The van der Waals surface area contributed by atoms with Gasteiger partial charge in [0.25, 0.3) is 0 Å². The highest BCUT2D eigenvalue weighted by molar-refractivity contribution is 5.81. The topological polar surface area (TPSA) is 64.3 Å². The molecule has 4 heteroatoms. The zero-order valence-corrected chi connectivity index (χ0v) is 13.3. The van der Waals surface area contributed by atoms with E-state index in [1.54, 1.807) is 0 Å². The molecule has 0 bridgehead atoms. The number of nitrogens with one attached hydrogen (secondary N) is 1. The minimum absolute atomic E-state index is 0.0992. The second-order valence-electron chi connectivity index (χ2n) is 5.61. The maximum Gasteiger partial charge on any atom is 0.237 e. The minimum Gasteiger partial charge on any atom is -0.378 e. The maximum absolute atomic E-state index is 12.0. The van der Waals surface area contributed by atoms with Gasteiger partial charge in [0.2, 0.25) is 5.91 Å². The quantitative estimate of drug-likeness (QED) is 0.733. The van der Waals surface area contributed by atoms with Gasteiger partial charge in [-0.25, -0.2) is 0 Å². The second kappa shape index (κ2) is 9.53. The Balaban J connectivity index is 2.32. The summed E-state index contributed by atoms with van der Waals surface area (Å²) in [5, 5.41) is 2.90. The monoisotopic (exact) mass is 292 g/mol. The number of hydrogen-bond donors (Lipinski definition) is 2. The van der Waals surface area contributed by atoms with Gasteiger partial charge in [-0.2, -0.15) is 0 Å². The molecule has 118 valence electrons. The third-order valence-corrected chi connectivity index (χ3v) is 3.49. The molecule has 1 aromatic carbocycles. The summed E-state index contributed by atoms with van der Waals surface area (Å²) in [6.45, 7) is 7.55. The molecule has 1 amide bonds. The molecular formula is C17H28N2O2. The van der Waals surface area contributed by atoms with E-state index in [1.165, 1.54) is 0 Å². The summed E-state index contributed by atoms with van der Waals surface area (Å²) < 4.78 is 5.66. The normalized spacial score (nSPS) is 14.0. The molecule has 1 rings (SSSR count). The first-order valence-electron chi connectivity index (χ1n) is 7.73. The number of benzene rings is 1. The standard InChI is InChI=1S/C17H28N2O2/c1-4-21-16(13(2)3)10-11-19-17(20)15(18)12-14-8-6-5-7-9-14/h5-9,13,15-16H,4,10-12,18H2,1-3H3,(H,19,20)/t15-,16?/m0/s1. The van der Waals surface area contributed by atoms with E-state index in [1.807, 2.05) is 37.3 Å². The number of amides is 1. The zero-order valence-electron chi connectivity index (χ0n) is 13.3. The highest BCUT2D eigenvalue weighted by Crippen LogP contribution is 2.10. The van der Waals surface area contributed by atoms with E-state index in [4.69, 9.17) is 10.5 Å². The molecule has 1 aromatic rings. The van der Waals surface area contributed by atoms with Crippen molar-refractivity contribution in [2.75, 3.05) is 13.2 Å². The Labute approximate surface area is 128 Å². The lowest BCUT2D eigenvalue weighted by Gasteiger charge is -2.21. The summed E-state index contributed by atoms with van der Waals surface area (Å²) in [5.41, 5.74) is 7.02. The lowest BCUT2D eigenvalue weighted by atomic mass is 10.0. The summed E-state index contributed by atoms with van der Waals surface area (Å²) in [4.78, 5) is 12.0. The van der Waals surface area contributed by atoms with Gasteiger partial charge in [-0.3, -0.25) is 4.79 Å². The van der Waals surface area contributed by atoms with Gasteiger partial charge in [0.05, 0.1) is 12.1 Å². The first-order chi connectivity index (χ1) is 10.0. The molecule has 0 saturated carbocycles. The lowest BCUT2D eigenvalue weighted by Crippen LogP contribution is -2.43. The number of rotatable bonds is 9. The Morgan fingerprint density at radius 3 is 2.52 bits per heavy atom. The molecule has 0 saturated heterocycles. The van der Waals surface area contributed by atoms with Crippen molar-refractivity contribution in [2.45, 2.75) is 45.8 Å². The van der Waals surface area contributed by atoms with Crippen LogP contribution in [0.15, 0.2) is 30.3 Å². The third kappa shape index (κ3) is 6.74. The number of hydrogen-bond acceptors (Lipinski definition) is 3. The van der Waals surface area contributed by atoms with Crippen LogP contribution in [0.5, 0.6) is 0 Å². The molecule has 4 nitrogen and oxygen atoms in total. The largest absolute Gasteiger partial charge is 0.378 e. The van der Waals surface area contributed by atoms with Crippen LogP contribution in [0.2, 0.25) is 0 Å². The van der Waals surface area contributed by atoms with Gasteiger partial charge in [-0.1, -0.05) is 44.2 Å². The fourth-order valence-electron chi connectivity index (χ4n) is 2.25. The Morgan fingerprint density at radius 2 is 1.95 bits per heavy atom. The van der Waals surface area contributed by atoms with Gasteiger partial charge in [0.1, 0.15) is 0 Å². The lowest BCUT2D eigenvalue weighted by molar-refractivity contribution is -0.122. The van der Waals surface area contributed by atoms with Gasteiger partial charge in [0, 0.05) is 13.2 Å². The van der Waals surface area contributed by atoms with Gasteiger partial charge in [-0.15, -0.1) is 0 Å². The van der Waals surface area contributed by atoms with Crippen molar-refractivity contribution in [3.63, 3.8) is 0 Å². The highest BCUT2D eigenvalue weighted by atomic mass is 16.5. The van der Waals surface area contributed by atoms with Crippen molar-refractivity contribution in [3.05, 3.63) is 35.9 Å².